The lowest BCUT2D eigenvalue weighted by molar-refractivity contribution is -0.131. The average molecular weight is 448 g/mol. The summed E-state index contributed by atoms with van der Waals surface area (Å²) in [6.07, 6.45) is 6.52. The fourth-order valence-corrected chi connectivity index (χ4v) is 4.31. The number of carbonyl (C=O) groups excluding carboxylic acids is 2. The fraction of sp³-hybridized carbons (Fsp3) is 0.462. The second kappa shape index (κ2) is 10.1. The number of likely N-dealkylation sites (tertiary alicyclic amines) is 1. The molecule has 4 rings (SSSR count). The third-order valence-electron chi connectivity index (χ3n) is 6.23. The predicted molar refractivity (Wildman–Crippen MR) is 130 cm³/mol. The highest BCUT2D eigenvalue weighted by Gasteiger charge is 2.20. The van der Waals surface area contributed by atoms with E-state index in [4.69, 9.17) is 4.98 Å². The average Bonchev–Trinajstić information content (AvgIpc) is 3.04. The molecule has 0 unspecified atom stereocenters. The van der Waals surface area contributed by atoms with Crippen LogP contribution in [0.2, 0.25) is 0 Å². The molecule has 7 heteroatoms. The highest BCUT2D eigenvalue weighted by atomic mass is 16.2. The summed E-state index contributed by atoms with van der Waals surface area (Å²) in [4.78, 5) is 32.5. The van der Waals surface area contributed by atoms with Gasteiger partial charge in [0, 0.05) is 37.7 Å². The number of nitrogens with one attached hydrogen (secondary N) is 1. The number of hydrogen-bond donors (Lipinski definition) is 1. The Labute approximate surface area is 195 Å². The lowest BCUT2D eigenvalue weighted by Gasteiger charge is -2.20. The van der Waals surface area contributed by atoms with E-state index < -0.39 is 0 Å². The molecule has 1 aliphatic rings. The first kappa shape index (κ1) is 23.0. The largest absolute Gasteiger partial charge is 0.351 e. The van der Waals surface area contributed by atoms with Crippen LogP contribution in [-0.4, -0.2) is 51.1 Å². The van der Waals surface area contributed by atoms with Crippen molar-refractivity contribution in [3.05, 3.63) is 47.7 Å². The number of carbonyl (C=O) groups is 2. The van der Waals surface area contributed by atoms with Gasteiger partial charge in [-0.05, 0) is 39.7 Å². The van der Waals surface area contributed by atoms with Crippen LogP contribution in [0, 0.1) is 6.92 Å². The smallest absolute Gasteiger partial charge is 0.252 e. The van der Waals surface area contributed by atoms with E-state index in [9.17, 15) is 9.59 Å². The number of aromatic nitrogens is 3. The van der Waals surface area contributed by atoms with Gasteiger partial charge in [0.25, 0.3) is 5.91 Å². The second-order valence-electron chi connectivity index (χ2n) is 9.14. The number of hydrogen-bond acceptors (Lipinski definition) is 4. The standard InChI is InChI=1S/C26H33N5O2/c1-18(2)31-25-22(17-28-31)21(16-23(29-25)20-10-8-19(3)9-11-20)26(33)27-13-12-24(32)30-14-6-4-5-7-15-30/h8-11,16-18H,4-7,12-15H2,1-3H3,(H,27,33). The van der Waals surface area contributed by atoms with Crippen molar-refractivity contribution in [3.63, 3.8) is 0 Å². The quantitative estimate of drug-likeness (QED) is 0.603. The highest BCUT2D eigenvalue weighted by Crippen LogP contribution is 2.26. The molecule has 7 nitrogen and oxygen atoms in total. The van der Waals surface area contributed by atoms with E-state index in [-0.39, 0.29) is 17.9 Å². The van der Waals surface area contributed by atoms with E-state index in [0.717, 1.165) is 42.6 Å². The molecule has 3 aromatic rings. The van der Waals surface area contributed by atoms with Gasteiger partial charge in [-0.15, -0.1) is 0 Å². The van der Waals surface area contributed by atoms with Gasteiger partial charge in [0.2, 0.25) is 5.91 Å². The maximum absolute atomic E-state index is 13.2. The van der Waals surface area contributed by atoms with Crippen molar-refractivity contribution >= 4 is 22.8 Å². The molecule has 1 fully saturated rings. The normalized spacial score (nSPS) is 14.5. The fourth-order valence-electron chi connectivity index (χ4n) is 4.31. The monoisotopic (exact) mass is 447 g/mol. The summed E-state index contributed by atoms with van der Waals surface area (Å²) in [5.74, 6) is -0.0900. The number of aryl methyl sites for hydroxylation is 1. The number of amides is 2. The van der Waals surface area contributed by atoms with Crippen LogP contribution in [0.1, 0.15) is 67.9 Å². The molecule has 0 atom stereocenters. The van der Waals surface area contributed by atoms with Crippen molar-refractivity contribution in [1.82, 2.24) is 25.0 Å². The zero-order valence-corrected chi connectivity index (χ0v) is 19.8. The Morgan fingerprint density at radius 2 is 1.76 bits per heavy atom. The third kappa shape index (κ3) is 5.24. The molecule has 0 radical (unpaired) electrons. The Hall–Kier alpha value is -3.22. The number of pyridine rings is 1. The summed E-state index contributed by atoms with van der Waals surface area (Å²) in [5, 5.41) is 8.15. The molecule has 1 saturated heterocycles. The molecule has 2 aromatic heterocycles. The van der Waals surface area contributed by atoms with Gasteiger partial charge < -0.3 is 10.2 Å². The molecule has 1 N–H and O–H groups in total. The summed E-state index contributed by atoms with van der Waals surface area (Å²) in [7, 11) is 0. The Morgan fingerprint density at radius 3 is 2.42 bits per heavy atom. The Kier molecular flexibility index (Phi) is 7.06. The maximum atomic E-state index is 13.2. The molecule has 1 aliphatic heterocycles. The lowest BCUT2D eigenvalue weighted by atomic mass is 10.0. The van der Waals surface area contributed by atoms with Gasteiger partial charge >= 0.3 is 0 Å². The Morgan fingerprint density at radius 1 is 1.06 bits per heavy atom. The molecule has 174 valence electrons. The van der Waals surface area contributed by atoms with Crippen molar-refractivity contribution in [1.29, 1.82) is 0 Å². The Bertz CT molecular complexity index is 1130. The third-order valence-corrected chi connectivity index (χ3v) is 6.23. The SMILES string of the molecule is Cc1ccc(-c2cc(C(=O)NCCC(=O)N3CCCCCC3)c3cnn(C(C)C)c3n2)cc1. The minimum Gasteiger partial charge on any atom is -0.351 e. The molecule has 0 bridgehead atoms. The summed E-state index contributed by atoms with van der Waals surface area (Å²) in [6.45, 7) is 8.09. The summed E-state index contributed by atoms with van der Waals surface area (Å²) in [6, 6.07) is 10.0. The van der Waals surface area contributed by atoms with Gasteiger partial charge in [-0.3, -0.25) is 9.59 Å². The van der Waals surface area contributed by atoms with Gasteiger partial charge in [0.15, 0.2) is 5.65 Å². The van der Waals surface area contributed by atoms with Crippen LogP contribution in [0.5, 0.6) is 0 Å². The molecule has 3 heterocycles. The molecule has 2 amide bonds. The first-order chi connectivity index (χ1) is 15.9. The number of fused-ring (bicyclic) bond motifs is 1. The van der Waals surface area contributed by atoms with Gasteiger partial charge in [0.05, 0.1) is 22.8 Å². The van der Waals surface area contributed by atoms with Crippen molar-refractivity contribution in [3.8, 4) is 11.3 Å². The highest BCUT2D eigenvalue weighted by molar-refractivity contribution is 6.06. The summed E-state index contributed by atoms with van der Waals surface area (Å²) >= 11 is 0. The molecular weight excluding hydrogens is 414 g/mol. The Balaban J connectivity index is 1.55. The van der Waals surface area contributed by atoms with E-state index in [1.807, 2.05) is 60.7 Å². The van der Waals surface area contributed by atoms with Crippen LogP contribution in [-0.2, 0) is 4.79 Å². The maximum Gasteiger partial charge on any atom is 0.252 e. The number of benzene rings is 1. The molecule has 0 aliphatic carbocycles. The minimum absolute atomic E-state index is 0.116. The van der Waals surface area contributed by atoms with Crippen LogP contribution in [0.3, 0.4) is 0 Å². The molecule has 0 saturated carbocycles. The molecule has 0 spiro atoms. The minimum atomic E-state index is -0.206. The summed E-state index contributed by atoms with van der Waals surface area (Å²) < 4.78 is 1.84. The molecule has 1 aromatic carbocycles. The van der Waals surface area contributed by atoms with Crippen LogP contribution < -0.4 is 5.32 Å². The topological polar surface area (TPSA) is 80.1 Å². The molecule has 33 heavy (non-hydrogen) atoms. The van der Waals surface area contributed by atoms with Crippen molar-refractivity contribution in [2.75, 3.05) is 19.6 Å². The second-order valence-corrected chi connectivity index (χ2v) is 9.14. The van der Waals surface area contributed by atoms with Gasteiger partial charge in [-0.1, -0.05) is 42.7 Å². The van der Waals surface area contributed by atoms with Crippen LogP contribution >= 0.6 is 0 Å². The van der Waals surface area contributed by atoms with E-state index in [1.54, 1.807) is 6.20 Å². The van der Waals surface area contributed by atoms with E-state index in [2.05, 4.69) is 10.4 Å². The van der Waals surface area contributed by atoms with Crippen LogP contribution in [0.25, 0.3) is 22.3 Å². The van der Waals surface area contributed by atoms with Crippen LogP contribution in [0.15, 0.2) is 36.5 Å². The summed E-state index contributed by atoms with van der Waals surface area (Å²) in [5.41, 5.74) is 4.07. The lowest BCUT2D eigenvalue weighted by Crippen LogP contribution is -2.35. The van der Waals surface area contributed by atoms with Gasteiger partial charge in [-0.25, -0.2) is 9.67 Å². The predicted octanol–water partition coefficient (Wildman–Crippen LogP) is 4.51. The molecular formula is C26H33N5O2. The number of rotatable bonds is 6. The van der Waals surface area contributed by atoms with E-state index >= 15 is 0 Å². The van der Waals surface area contributed by atoms with Crippen molar-refractivity contribution in [2.45, 2.75) is 58.9 Å². The van der Waals surface area contributed by atoms with Crippen molar-refractivity contribution in [2.24, 2.45) is 0 Å². The zero-order chi connectivity index (χ0) is 23.4. The van der Waals surface area contributed by atoms with Gasteiger partial charge in [-0.2, -0.15) is 5.10 Å². The van der Waals surface area contributed by atoms with Crippen LogP contribution in [0.4, 0.5) is 0 Å². The first-order valence-electron chi connectivity index (χ1n) is 12.0. The first-order valence-corrected chi connectivity index (χ1v) is 12.0. The van der Waals surface area contributed by atoms with Crippen molar-refractivity contribution < 1.29 is 9.59 Å². The number of nitrogens with zero attached hydrogens (tertiary/aromatic N) is 4. The van der Waals surface area contributed by atoms with Gasteiger partial charge in [0.1, 0.15) is 0 Å². The van der Waals surface area contributed by atoms with E-state index in [0.29, 0.717) is 24.2 Å². The van der Waals surface area contributed by atoms with E-state index in [1.165, 1.54) is 18.4 Å². The zero-order valence-electron chi connectivity index (χ0n) is 19.8.